The summed E-state index contributed by atoms with van der Waals surface area (Å²) in [5.41, 5.74) is 11.0. The van der Waals surface area contributed by atoms with Gasteiger partial charge in [-0.05, 0) is 64.4 Å². The van der Waals surface area contributed by atoms with Crippen molar-refractivity contribution in [1.29, 1.82) is 0 Å². The predicted molar refractivity (Wildman–Crippen MR) is 238 cm³/mol. The first-order valence-corrected chi connectivity index (χ1v) is 19.5. The van der Waals surface area contributed by atoms with Crippen molar-refractivity contribution >= 4 is 61.6 Å². The topological polar surface area (TPSA) is 24.3 Å². The molecule has 1 aliphatic rings. The van der Waals surface area contributed by atoms with Gasteiger partial charge in [0.2, 0.25) is 0 Å². The third kappa shape index (κ3) is 5.77. The summed E-state index contributed by atoms with van der Waals surface area (Å²) in [7, 11) is 0. The molecule has 0 saturated carbocycles. The fraction of sp³-hybridized carbons (Fsp3) is 0.196. The van der Waals surface area contributed by atoms with Crippen LogP contribution in [0.3, 0.4) is 0 Å². The molecule has 0 aliphatic carbocycles. The molecule has 0 N–H and O–H groups in total. The van der Waals surface area contributed by atoms with Gasteiger partial charge in [0.15, 0.2) is 0 Å². The molecule has 0 amide bonds. The summed E-state index contributed by atoms with van der Waals surface area (Å²) in [5.74, 6) is 0.876. The molecule has 5 nitrogen and oxygen atoms in total. The van der Waals surface area contributed by atoms with E-state index in [0.717, 1.165) is 67.3 Å². The Morgan fingerprint density at radius 3 is 1.86 bits per heavy atom. The second kappa shape index (κ2) is 13.2. The number of hydrogen-bond acceptors (Lipinski definition) is 3. The van der Waals surface area contributed by atoms with E-state index in [1.165, 1.54) is 10.5 Å². The Hall–Kier alpha value is -6.17. The summed E-state index contributed by atoms with van der Waals surface area (Å²) < 4.78 is 28.1. The quantitative estimate of drug-likeness (QED) is 0.159. The van der Waals surface area contributed by atoms with E-state index in [2.05, 4.69) is 203 Å². The fourth-order valence-corrected chi connectivity index (χ4v) is 8.44. The van der Waals surface area contributed by atoms with Gasteiger partial charge in [0, 0.05) is 82.3 Å². The molecular weight excluding hydrogens is 683 g/mol. The Labute approximate surface area is 335 Å². The second-order valence-corrected chi connectivity index (χ2v) is 17.0. The maximum Gasteiger partial charge on any atom is 0.150 e. The Morgan fingerprint density at radius 1 is 0.536 bits per heavy atom. The SMILES string of the molecule is [2H]C([2H])([2H])N1CN(c2cccc([N+](c3ccccc3)(c3ccccc3)c3ccc4c5ccccc5n(-c5cc(C(C)(C)C)ccn5)c4c3)c2)c2cc(C(C)(C)C)ccc21. The maximum atomic E-state index is 8.52. The van der Waals surface area contributed by atoms with Crippen molar-refractivity contribution in [2.75, 3.05) is 23.4 Å². The van der Waals surface area contributed by atoms with Gasteiger partial charge < -0.3 is 9.80 Å². The molecule has 278 valence electrons. The molecule has 0 fully saturated rings. The first kappa shape index (κ1) is 32.1. The molecular formula is C51H50N5+. The van der Waals surface area contributed by atoms with Crippen molar-refractivity contribution in [2.45, 2.75) is 52.4 Å². The first-order valence-electron chi connectivity index (χ1n) is 21.0. The van der Waals surface area contributed by atoms with Crippen molar-refractivity contribution < 1.29 is 4.11 Å². The van der Waals surface area contributed by atoms with Gasteiger partial charge in [0.25, 0.3) is 0 Å². The molecule has 0 radical (unpaired) electrons. The molecule has 0 atom stereocenters. The first-order chi connectivity index (χ1) is 28.2. The van der Waals surface area contributed by atoms with E-state index in [-0.39, 0.29) is 22.0 Å². The smallest absolute Gasteiger partial charge is 0.150 e. The molecule has 0 bridgehead atoms. The normalized spacial score (nSPS) is 14.5. The number of benzene rings is 6. The van der Waals surface area contributed by atoms with E-state index >= 15 is 0 Å². The van der Waals surface area contributed by atoms with E-state index in [1.807, 2.05) is 12.3 Å². The highest BCUT2D eigenvalue weighted by atomic mass is 15.4. The highest BCUT2D eigenvalue weighted by molar-refractivity contribution is 6.10. The lowest BCUT2D eigenvalue weighted by molar-refractivity contribution is 0.588. The third-order valence-corrected chi connectivity index (χ3v) is 11.4. The fourth-order valence-electron chi connectivity index (χ4n) is 8.44. The van der Waals surface area contributed by atoms with Gasteiger partial charge in [-0.2, -0.15) is 4.48 Å². The number of rotatable bonds is 6. The van der Waals surface area contributed by atoms with E-state index in [4.69, 9.17) is 9.10 Å². The van der Waals surface area contributed by atoms with Gasteiger partial charge in [-0.1, -0.05) is 108 Å². The van der Waals surface area contributed by atoms with Crippen LogP contribution in [0.15, 0.2) is 164 Å². The number of nitrogens with zero attached hydrogens (tertiary/aromatic N) is 5. The van der Waals surface area contributed by atoms with Gasteiger partial charge in [0.05, 0.1) is 29.1 Å². The average Bonchev–Trinajstić information content (AvgIpc) is 3.78. The van der Waals surface area contributed by atoms with E-state index < -0.39 is 6.98 Å². The third-order valence-electron chi connectivity index (χ3n) is 11.4. The van der Waals surface area contributed by atoms with Gasteiger partial charge >= 0.3 is 0 Å². The number of aromatic nitrogens is 2. The van der Waals surface area contributed by atoms with Crippen LogP contribution in [0.4, 0.5) is 39.8 Å². The minimum absolute atomic E-state index is 0.0516. The zero-order valence-electron chi connectivity index (χ0n) is 36.0. The monoisotopic (exact) mass is 735 g/mol. The number of para-hydroxylation sites is 3. The summed E-state index contributed by atoms with van der Waals surface area (Å²) in [4.78, 5) is 8.68. The molecule has 0 spiro atoms. The summed E-state index contributed by atoms with van der Waals surface area (Å²) >= 11 is 0. The van der Waals surface area contributed by atoms with Crippen LogP contribution in [0.5, 0.6) is 0 Å². The van der Waals surface area contributed by atoms with Crippen LogP contribution in [-0.2, 0) is 10.8 Å². The molecule has 0 unspecified atom stereocenters. The van der Waals surface area contributed by atoms with E-state index in [9.17, 15) is 0 Å². The van der Waals surface area contributed by atoms with Crippen molar-refractivity contribution in [3.05, 3.63) is 175 Å². The molecule has 8 aromatic rings. The number of hydrogen-bond donors (Lipinski definition) is 0. The molecule has 1 aliphatic heterocycles. The van der Waals surface area contributed by atoms with Crippen LogP contribution in [0.25, 0.3) is 27.6 Å². The second-order valence-electron chi connectivity index (χ2n) is 17.0. The van der Waals surface area contributed by atoms with Crippen molar-refractivity contribution in [3.63, 3.8) is 0 Å². The number of quaternary nitrogens is 1. The zero-order chi connectivity index (χ0) is 41.3. The minimum atomic E-state index is -2.31. The van der Waals surface area contributed by atoms with Crippen molar-refractivity contribution in [2.24, 2.45) is 0 Å². The molecule has 2 aromatic heterocycles. The molecule has 56 heavy (non-hydrogen) atoms. The summed E-state index contributed by atoms with van der Waals surface area (Å²) in [6.45, 7) is 11.2. The molecule has 0 saturated heterocycles. The van der Waals surface area contributed by atoms with Gasteiger partial charge in [-0.15, -0.1) is 0 Å². The zero-order valence-corrected chi connectivity index (χ0v) is 33.0. The molecule has 5 heteroatoms. The van der Waals surface area contributed by atoms with Crippen LogP contribution in [0, 0.1) is 0 Å². The molecule has 3 heterocycles. The van der Waals surface area contributed by atoms with E-state index in [1.54, 1.807) is 0 Å². The van der Waals surface area contributed by atoms with Crippen LogP contribution >= 0.6 is 0 Å². The largest absolute Gasteiger partial charge is 0.355 e. The summed E-state index contributed by atoms with van der Waals surface area (Å²) in [5, 5.41) is 2.31. The highest BCUT2D eigenvalue weighted by Gasteiger charge is 2.40. The standard InChI is InChI=1S/C51H50N5/c1-50(2,3)36-25-28-46-48(31-36)54(35-53(46)7)38-17-16-22-41(33-38)56(39-18-10-8-11-19-39,40-20-12-9-13-21-40)42-26-27-44-43-23-14-15-24-45(43)55(47(44)34-42)49-32-37(29-30-52-49)51(4,5)6/h8-34H,35H2,1-7H3/q+1/i7D3. The minimum Gasteiger partial charge on any atom is -0.355 e. The van der Waals surface area contributed by atoms with Gasteiger partial charge in [0.1, 0.15) is 28.6 Å². The highest BCUT2D eigenvalue weighted by Crippen LogP contribution is 2.54. The Bertz CT molecular complexity index is 2790. The van der Waals surface area contributed by atoms with Gasteiger partial charge in [-0.25, -0.2) is 4.98 Å². The van der Waals surface area contributed by atoms with Crippen molar-refractivity contribution in [1.82, 2.24) is 14.0 Å². The van der Waals surface area contributed by atoms with Crippen LogP contribution < -0.4 is 14.3 Å². The maximum absolute atomic E-state index is 8.52. The lowest BCUT2D eigenvalue weighted by Crippen LogP contribution is -2.33. The predicted octanol–water partition coefficient (Wildman–Crippen LogP) is 13.6. The average molecular weight is 736 g/mol. The van der Waals surface area contributed by atoms with Crippen LogP contribution in [0.2, 0.25) is 0 Å². The van der Waals surface area contributed by atoms with Crippen LogP contribution in [-0.4, -0.2) is 23.2 Å². The number of pyridine rings is 1. The Balaban J connectivity index is 1.32. The lowest BCUT2D eigenvalue weighted by Gasteiger charge is -2.37. The Morgan fingerprint density at radius 2 is 1.16 bits per heavy atom. The van der Waals surface area contributed by atoms with E-state index in [0.29, 0.717) is 5.69 Å². The molecule has 6 aromatic carbocycles. The molecule has 9 rings (SSSR count). The van der Waals surface area contributed by atoms with Gasteiger partial charge in [-0.3, -0.25) is 4.57 Å². The van der Waals surface area contributed by atoms with Crippen LogP contribution in [0.1, 0.15) is 56.8 Å². The lowest BCUT2D eigenvalue weighted by atomic mass is 9.86. The number of anilines is 3. The number of fused-ring (bicyclic) bond motifs is 4. The summed E-state index contributed by atoms with van der Waals surface area (Å²) in [6.07, 6.45) is 1.93. The van der Waals surface area contributed by atoms with Crippen molar-refractivity contribution in [3.8, 4) is 5.82 Å². The Kier molecular flexibility index (Phi) is 7.60. The summed E-state index contributed by atoms with van der Waals surface area (Å²) in [6, 6.07) is 56.0.